The molecule has 1 saturated heterocycles. The molecule has 1 rings (SSSR count). The molecule has 8 heteroatoms. The lowest BCUT2D eigenvalue weighted by atomic mass is 9.99. The minimum absolute atomic E-state index is 0.307. The van der Waals surface area contributed by atoms with Crippen LogP contribution in [0.3, 0.4) is 0 Å². The molecular formula is C9H16O8. The highest BCUT2D eigenvalue weighted by Gasteiger charge is 2.44. The maximum absolute atomic E-state index is 10.4. The Labute approximate surface area is 97.0 Å². The van der Waals surface area contributed by atoms with Crippen LogP contribution in [0.15, 0.2) is 0 Å². The monoisotopic (exact) mass is 252 g/mol. The second-order valence-corrected chi connectivity index (χ2v) is 3.69. The number of aliphatic hydroxyl groups is 5. The van der Waals surface area contributed by atoms with Crippen LogP contribution in [0.5, 0.6) is 0 Å². The number of ether oxygens (including phenoxy) is 2. The van der Waals surface area contributed by atoms with Crippen molar-refractivity contribution in [3.05, 3.63) is 0 Å². The predicted octanol–water partition coefficient (Wildman–Crippen LogP) is -3.64. The van der Waals surface area contributed by atoms with E-state index in [4.69, 9.17) is 19.7 Å². The SMILES string of the molecule is O=CC(CO)O[C@@H]1OC(CO)[C@@H](O)C(O)C1O. The van der Waals surface area contributed by atoms with E-state index in [9.17, 15) is 20.1 Å². The zero-order valence-corrected chi connectivity index (χ0v) is 8.92. The molecule has 0 aromatic carbocycles. The van der Waals surface area contributed by atoms with Gasteiger partial charge >= 0.3 is 0 Å². The van der Waals surface area contributed by atoms with Gasteiger partial charge in [0, 0.05) is 0 Å². The molecule has 0 aromatic heterocycles. The summed E-state index contributed by atoms with van der Waals surface area (Å²) in [4.78, 5) is 10.4. The van der Waals surface area contributed by atoms with E-state index in [0.29, 0.717) is 6.29 Å². The maximum atomic E-state index is 10.4. The van der Waals surface area contributed by atoms with Crippen molar-refractivity contribution in [2.75, 3.05) is 13.2 Å². The van der Waals surface area contributed by atoms with Crippen molar-refractivity contribution in [1.29, 1.82) is 0 Å². The van der Waals surface area contributed by atoms with Crippen molar-refractivity contribution < 1.29 is 39.8 Å². The Hall–Kier alpha value is -0.610. The second-order valence-electron chi connectivity index (χ2n) is 3.69. The molecule has 0 amide bonds. The first-order chi connectivity index (χ1) is 8.04. The standard InChI is InChI=1S/C9H16O8/c10-1-4(2-11)16-9-8(15)7(14)6(13)5(3-12)17-9/h1,4-9,11-15H,2-3H2/t4?,5?,6-,7?,8?,9-/m1/s1. The van der Waals surface area contributed by atoms with Gasteiger partial charge in [-0.15, -0.1) is 0 Å². The molecule has 5 N–H and O–H groups in total. The van der Waals surface area contributed by atoms with E-state index in [0.717, 1.165) is 0 Å². The molecule has 1 fully saturated rings. The van der Waals surface area contributed by atoms with Crippen LogP contribution < -0.4 is 0 Å². The molecule has 100 valence electrons. The molecule has 0 radical (unpaired) electrons. The van der Waals surface area contributed by atoms with Gasteiger partial charge in [0.2, 0.25) is 0 Å². The Bertz CT molecular complexity index is 245. The van der Waals surface area contributed by atoms with E-state index in [1.807, 2.05) is 0 Å². The zero-order chi connectivity index (χ0) is 13.0. The summed E-state index contributed by atoms with van der Waals surface area (Å²) < 4.78 is 9.84. The van der Waals surface area contributed by atoms with Crippen molar-refractivity contribution in [3.8, 4) is 0 Å². The van der Waals surface area contributed by atoms with Crippen LogP contribution in [0.25, 0.3) is 0 Å². The lowest BCUT2D eigenvalue weighted by Gasteiger charge is -2.40. The Morgan fingerprint density at radius 1 is 1.18 bits per heavy atom. The van der Waals surface area contributed by atoms with E-state index < -0.39 is 50.0 Å². The molecular weight excluding hydrogens is 236 g/mol. The largest absolute Gasteiger partial charge is 0.394 e. The van der Waals surface area contributed by atoms with Crippen LogP contribution in [-0.4, -0.2) is 81.8 Å². The van der Waals surface area contributed by atoms with Gasteiger partial charge in [-0.05, 0) is 0 Å². The highest BCUT2D eigenvalue weighted by atomic mass is 16.7. The van der Waals surface area contributed by atoms with E-state index in [-0.39, 0.29) is 0 Å². The van der Waals surface area contributed by atoms with Gasteiger partial charge in [0.25, 0.3) is 0 Å². The lowest BCUT2D eigenvalue weighted by molar-refractivity contribution is -0.309. The third-order valence-electron chi connectivity index (χ3n) is 2.49. The normalized spacial score (nSPS) is 39.9. The number of aldehydes is 1. The van der Waals surface area contributed by atoms with Crippen molar-refractivity contribution in [1.82, 2.24) is 0 Å². The Kier molecular flexibility index (Phi) is 5.40. The highest BCUT2D eigenvalue weighted by Crippen LogP contribution is 2.22. The van der Waals surface area contributed by atoms with Gasteiger partial charge in [-0.1, -0.05) is 0 Å². The lowest BCUT2D eigenvalue weighted by Crippen LogP contribution is -2.59. The summed E-state index contributed by atoms with van der Waals surface area (Å²) in [5.74, 6) is 0. The van der Waals surface area contributed by atoms with Crippen LogP contribution in [-0.2, 0) is 14.3 Å². The van der Waals surface area contributed by atoms with Gasteiger partial charge in [-0.25, -0.2) is 0 Å². The highest BCUT2D eigenvalue weighted by molar-refractivity contribution is 5.56. The molecule has 1 heterocycles. The molecule has 0 bridgehead atoms. The molecule has 17 heavy (non-hydrogen) atoms. The fourth-order valence-corrected chi connectivity index (χ4v) is 1.47. The molecule has 0 aliphatic carbocycles. The number of hydrogen-bond donors (Lipinski definition) is 5. The zero-order valence-electron chi connectivity index (χ0n) is 8.92. The number of rotatable bonds is 5. The third kappa shape index (κ3) is 3.19. The molecule has 4 unspecified atom stereocenters. The summed E-state index contributed by atoms with van der Waals surface area (Å²) in [6.45, 7) is -1.20. The summed E-state index contributed by atoms with van der Waals surface area (Å²) in [7, 11) is 0. The average molecular weight is 252 g/mol. The molecule has 1 aliphatic rings. The Morgan fingerprint density at radius 2 is 1.82 bits per heavy atom. The molecule has 0 saturated carbocycles. The molecule has 0 aromatic rings. The van der Waals surface area contributed by atoms with Crippen LogP contribution in [0.4, 0.5) is 0 Å². The Balaban J connectivity index is 2.68. The smallest absolute Gasteiger partial charge is 0.187 e. The van der Waals surface area contributed by atoms with Gasteiger partial charge in [-0.3, -0.25) is 0 Å². The van der Waals surface area contributed by atoms with Gasteiger partial charge in [0.1, 0.15) is 30.5 Å². The van der Waals surface area contributed by atoms with Crippen LogP contribution in [0.1, 0.15) is 0 Å². The minimum Gasteiger partial charge on any atom is -0.394 e. The van der Waals surface area contributed by atoms with Crippen molar-refractivity contribution in [2.24, 2.45) is 0 Å². The van der Waals surface area contributed by atoms with Gasteiger partial charge in [0.15, 0.2) is 12.6 Å². The van der Waals surface area contributed by atoms with Crippen LogP contribution in [0.2, 0.25) is 0 Å². The summed E-state index contributed by atoms with van der Waals surface area (Å²) in [5.41, 5.74) is 0. The first-order valence-electron chi connectivity index (χ1n) is 5.07. The van der Waals surface area contributed by atoms with E-state index in [2.05, 4.69) is 0 Å². The van der Waals surface area contributed by atoms with Crippen molar-refractivity contribution in [2.45, 2.75) is 36.8 Å². The van der Waals surface area contributed by atoms with Crippen molar-refractivity contribution >= 4 is 6.29 Å². The summed E-state index contributed by atoms with van der Waals surface area (Å²) in [5, 5.41) is 46.0. The summed E-state index contributed by atoms with van der Waals surface area (Å²) in [6, 6.07) is 0. The first-order valence-corrected chi connectivity index (χ1v) is 5.07. The maximum Gasteiger partial charge on any atom is 0.187 e. The van der Waals surface area contributed by atoms with E-state index in [1.54, 1.807) is 0 Å². The number of aliphatic hydroxyl groups excluding tert-OH is 5. The molecule has 8 nitrogen and oxygen atoms in total. The molecule has 6 atom stereocenters. The third-order valence-corrected chi connectivity index (χ3v) is 2.49. The van der Waals surface area contributed by atoms with Gasteiger partial charge < -0.3 is 39.8 Å². The predicted molar refractivity (Wildman–Crippen MR) is 51.8 cm³/mol. The fraction of sp³-hybridized carbons (Fsp3) is 0.889. The number of carbonyl (C=O) groups excluding carboxylic acids is 1. The average Bonchev–Trinajstić information content (AvgIpc) is 2.35. The molecule has 1 aliphatic heterocycles. The second kappa shape index (κ2) is 6.36. The Morgan fingerprint density at radius 3 is 2.29 bits per heavy atom. The van der Waals surface area contributed by atoms with E-state index >= 15 is 0 Å². The van der Waals surface area contributed by atoms with Crippen LogP contribution >= 0.6 is 0 Å². The van der Waals surface area contributed by atoms with Gasteiger partial charge in [0.05, 0.1) is 13.2 Å². The minimum atomic E-state index is -1.58. The summed E-state index contributed by atoms with van der Waals surface area (Å²) >= 11 is 0. The van der Waals surface area contributed by atoms with Crippen LogP contribution in [0, 0.1) is 0 Å². The number of carbonyl (C=O) groups is 1. The van der Waals surface area contributed by atoms with Crippen molar-refractivity contribution in [3.63, 3.8) is 0 Å². The van der Waals surface area contributed by atoms with E-state index in [1.165, 1.54) is 0 Å². The topological polar surface area (TPSA) is 137 Å². The number of hydrogen-bond acceptors (Lipinski definition) is 8. The quantitative estimate of drug-likeness (QED) is 0.316. The first kappa shape index (κ1) is 14.5. The molecule has 0 spiro atoms. The fourth-order valence-electron chi connectivity index (χ4n) is 1.47. The summed E-state index contributed by atoms with van der Waals surface area (Å²) in [6.07, 6.45) is -8.06. The van der Waals surface area contributed by atoms with Gasteiger partial charge in [-0.2, -0.15) is 0 Å².